The smallest absolute Gasteiger partial charge is 0.455 e. The van der Waals surface area contributed by atoms with Gasteiger partial charge in [0, 0.05) is 0 Å². The van der Waals surface area contributed by atoms with Crippen molar-refractivity contribution < 1.29 is 27.1 Å². The topological polar surface area (TPSA) is 46.2 Å². The van der Waals surface area contributed by atoms with E-state index >= 15 is 0 Å². The second-order valence-electron chi connectivity index (χ2n) is 8.06. The van der Waals surface area contributed by atoms with E-state index in [9.17, 15) is 27.1 Å². The van der Waals surface area contributed by atoms with E-state index in [1.54, 1.807) is 41.5 Å². The molecule has 1 rings (SSSR count). The maximum atomic E-state index is 13.7. The molecule has 0 heterocycles. The van der Waals surface area contributed by atoms with Crippen LogP contribution in [0.3, 0.4) is 0 Å². The first-order valence-corrected chi connectivity index (χ1v) is 7.48. The summed E-state index contributed by atoms with van der Waals surface area (Å²) in [4.78, 5) is 0. The number of hydrogen-bond donors (Lipinski definition) is 2. The van der Waals surface area contributed by atoms with Crippen molar-refractivity contribution in [1.29, 1.82) is 0 Å². The Morgan fingerprint density at radius 1 is 0.833 bits per heavy atom. The normalized spacial score (nSPS) is 15.5. The monoisotopic (exact) mass is 353 g/mol. The van der Waals surface area contributed by atoms with Crippen LogP contribution in [0.25, 0.3) is 0 Å². The highest BCUT2D eigenvalue weighted by atomic mass is 19.4. The lowest BCUT2D eigenvalue weighted by Crippen LogP contribution is -2.46. The average molecular weight is 353 g/mol. The van der Waals surface area contributed by atoms with Crippen LogP contribution >= 0.6 is 0 Å². The molecule has 0 aliphatic rings. The minimum absolute atomic E-state index is 0.110. The first kappa shape index (κ1) is 20.7. The van der Waals surface area contributed by atoms with Crippen LogP contribution in [0, 0.1) is 0 Å². The summed E-state index contributed by atoms with van der Waals surface area (Å²) in [6, 6.07) is -0.288. The highest BCUT2D eigenvalue weighted by Gasteiger charge is 2.61. The molecule has 1 aromatic rings. The van der Waals surface area contributed by atoms with Gasteiger partial charge in [0.1, 0.15) is 11.8 Å². The van der Waals surface area contributed by atoms with E-state index < -0.39 is 29.0 Å². The summed E-state index contributed by atoms with van der Waals surface area (Å²) in [5.74, 6) is -5.19. The fourth-order valence-electron chi connectivity index (χ4n) is 2.37. The van der Waals surface area contributed by atoms with Crippen molar-refractivity contribution in [2.45, 2.75) is 70.5 Å². The third-order valence-corrected chi connectivity index (χ3v) is 3.88. The van der Waals surface area contributed by atoms with Crippen molar-refractivity contribution in [1.82, 2.24) is 0 Å². The fourth-order valence-corrected chi connectivity index (χ4v) is 2.37. The molecule has 2 nitrogen and oxygen atoms in total. The number of benzene rings is 1. The van der Waals surface area contributed by atoms with Crippen LogP contribution < -0.4 is 5.73 Å². The second-order valence-corrected chi connectivity index (χ2v) is 8.06. The Hall–Kier alpha value is -1.37. The molecule has 0 spiro atoms. The number of phenols is 1. The third kappa shape index (κ3) is 3.82. The van der Waals surface area contributed by atoms with Gasteiger partial charge in [-0.1, -0.05) is 41.5 Å². The van der Waals surface area contributed by atoms with Gasteiger partial charge in [-0.15, -0.1) is 0 Å². The Balaban J connectivity index is 3.67. The van der Waals surface area contributed by atoms with E-state index in [1.807, 2.05) is 0 Å². The van der Waals surface area contributed by atoms with Gasteiger partial charge in [-0.3, -0.25) is 0 Å². The van der Waals surface area contributed by atoms with Crippen LogP contribution in [0.2, 0.25) is 0 Å². The molecule has 138 valence electrons. The quantitative estimate of drug-likeness (QED) is 0.719. The van der Waals surface area contributed by atoms with Crippen molar-refractivity contribution in [2.24, 2.45) is 5.73 Å². The number of halogens is 5. The largest absolute Gasteiger partial charge is 0.507 e. The number of phenolic OH excluding ortho intramolecular Hbond substituents is 1. The number of hydrogen-bond acceptors (Lipinski definition) is 2. The van der Waals surface area contributed by atoms with Crippen LogP contribution in [0.15, 0.2) is 12.1 Å². The molecule has 3 N–H and O–H groups in total. The van der Waals surface area contributed by atoms with Gasteiger partial charge in [0.2, 0.25) is 0 Å². The molecule has 1 atom stereocenters. The molecule has 0 aromatic heterocycles. The Morgan fingerprint density at radius 2 is 1.17 bits per heavy atom. The first-order valence-electron chi connectivity index (χ1n) is 7.48. The zero-order valence-corrected chi connectivity index (χ0v) is 14.6. The predicted molar refractivity (Wildman–Crippen MR) is 83.4 cm³/mol. The van der Waals surface area contributed by atoms with E-state index in [-0.39, 0.29) is 22.4 Å². The Morgan fingerprint density at radius 3 is 1.42 bits per heavy atom. The molecule has 0 radical (unpaired) electrons. The van der Waals surface area contributed by atoms with E-state index in [0.29, 0.717) is 0 Å². The highest BCUT2D eigenvalue weighted by molar-refractivity contribution is 5.50. The lowest BCUT2D eigenvalue weighted by Gasteiger charge is -2.31. The SMILES string of the molecule is CC(C)(C)c1cc([C@H](N)C(F)(F)C(F)(F)F)cc(C(C)(C)C)c1O. The molecule has 0 amide bonds. The van der Waals surface area contributed by atoms with Crippen molar-refractivity contribution in [2.75, 3.05) is 0 Å². The van der Waals surface area contributed by atoms with Gasteiger partial charge in [-0.25, -0.2) is 0 Å². The molecule has 1 aromatic carbocycles. The number of aromatic hydroxyl groups is 1. The van der Waals surface area contributed by atoms with E-state index in [1.165, 1.54) is 0 Å². The summed E-state index contributed by atoms with van der Waals surface area (Å²) in [7, 11) is 0. The molecule has 0 unspecified atom stereocenters. The Bertz CT molecular complexity index is 574. The average Bonchev–Trinajstić information content (AvgIpc) is 2.33. The van der Waals surface area contributed by atoms with Gasteiger partial charge in [0.15, 0.2) is 0 Å². The van der Waals surface area contributed by atoms with Crippen LogP contribution in [-0.4, -0.2) is 17.2 Å². The first-order chi connectivity index (χ1) is 10.4. The maximum absolute atomic E-state index is 13.7. The van der Waals surface area contributed by atoms with Crippen LogP contribution in [0.5, 0.6) is 5.75 Å². The van der Waals surface area contributed by atoms with Gasteiger partial charge in [-0.2, -0.15) is 22.0 Å². The zero-order valence-electron chi connectivity index (χ0n) is 14.6. The van der Waals surface area contributed by atoms with Gasteiger partial charge < -0.3 is 10.8 Å². The van der Waals surface area contributed by atoms with Crippen LogP contribution in [-0.2, 0) is 10.8 Å². The standard InChI is InChI=1S/C17H24F5NO/c1-14(2,3)10-7-9(8-11(12(10)24)15(4,5)6)13(23)16(18,19)17(20,21)22/h7-8,13,24H,23H2,1-6H3/t13-/m0/s1. The minimum Gasteiger partial charge on any atom is -0.507 e. The molecule has 7 heteroatoms. The van der Waals surface area contributed by atoms with Crippen molar-refractivity contribution in [3.63, 3.8) is 0 Å². The lowest BCUT2D eigenvalue weighted by molar-refractivity contribution is -0.291. The number of rotatable bonds is 2. The van der Waals surface area contributed by atoms with Gasteiger partial charge >= 0.3 is 12.1 Å². The van der Waals surface area contributed by atoms with E-state index in [0.717, 1.165) is 12.1 Å². The summed E-state index contributed by atoms with van der Waals surface area (Å²) >= 11 is 0. The summed E-state index contributed by atoms with van der Waals surface area (Å²) in [6.45, 7) is 10.4. The predicted octanol–water partition coefficient (Wildman–Crippen LogP) is 5.18. The molecule has 0 saturated heterocycles. The zero-order chi connectivity index (χ0) is 19.3. The van der Waals surface area contributed by atoms with E-state index in [4.69, 9.17) is 5.73 Å². The van der Waals surface area contributed by atoms with Crippen molar-refractivity contribution in [3.8, 4) is 5.75 Å². The van der Waals surface area contributed by atoms with Gasteiger partial charge in [0.05, 0.1) is 0 Å². The molecule has 0 saturated carbocycles. The maximum Gasteiger partial charge on any atom is 0.455 e. The Kier molecular flexibility index (Phi) is 5.05. The fraction of sp³-hybridized carbons (Fsp3) is 0.647. The lowest BCUT2D eigenvalue weighted by atomic mass is 9.77. The summed E-state index contributed by atoms with van der Waals surface area (Å²) < 4.78 is 65.2. The Labute approximate surface area is 138 Å². The van der Waals surface area contributed by atoms with Gasteiger partial charge in [-0.05, 0) is 39.7 Å². The summed E-state index contributed by atoms with van der Waals surface area (Å²) in [5, 5.41) is 10.5. The van der Waals surface area contributed by atoms with Crippen LogP contribution in [0.1, 0.15) is 64.3 Å². The molecular weight excluding hydrogens is 329 g/mol. The number of nitrogens with two attached hydrogens (primary N) is 1. The molecule has 0 bridgehead atoms. The molecule has 0 fully saturated rings. The summed E-state index contributed by atoms with van der Waals surface area (Å²) in [6.07, 6.45) is -5.76. The minimum atomic E-state index is -5.76. The summed E-state index contributed by atoms with van der Waals surface area (Å²) in [5.41, 5.74) is 4.16. The van der Waals surface area contributed by atoms with Crippen LogP contribution in [0.4, 0.5) is 22.0 Å². The molecule has 0 aliphatic heterocycles. The third-order valence-electron chi connectivity index (χ3n) is 3.88. The van der Waals surface area contributed by atoms with Crippen molar-refractivity contribution in [3.05, 3.63) is 28.8 Å². The molecular formula is C17H24F5NO. The molecule has 24 heavy (non-hydrogen) atoms. The van der Waals surface area contributed by atoms with E-state index in [2.05, 4.69) is 0 Å². The second kappa shape index (κ2) is 5.86. The number of alkyl halides is 5. The highest BCUT2D eigenvalue weighted by Crippen LogP contribution is 2.46. The van der Waals surface area contributed by atoms with Gasteiger partial charge in [0.25, 0.3) is 0 Å². The molecule has 0 aliphatic carbocycles. The van der Waals surface area contributed by atoms with Crippen molar-refractivity contribution >= 4 is 0 Å².